The van der Waals surface area contributed by atoms with E-state index < -0.39 is 17.7 Å². The van der Waals surface area contributed by atoms with Gasteiger partial charge in [-0.25, -0.2) is 9.78 Å². The normalized spacial score (nSPS) is 46.8. The highest BCUT2D eigenvalue weighted by Crippen LogP contribution is 2.51. The first kappa shape index (κ1) is 12.4. The van der Waals surface area contributed by atoms with Gasteiger partial charge < -0.3 is 9.47 Å². The summed E-state index contributed by atoms with van der Waals surface area (Å²) >= 11 is 0. The Balaban J connectivity index is 1.94. The van der Waals surface area contributed by atoms with Crippen LogP contribution in [0.4, 0.5) is 0 Å². The third kappa shape index (κ3) is 1.68. The van der Waals surface area contributed by atoms with Crippen LogP contribution in [0.25, 0.3) is 0 Å². The Labute approximate surface area is 107 Å². The maximum atomic E-state index is 11.9. The van der Waals surface area contributed by atoms with Gasteiger partial charge in [-0.2, -0.15) is 0 Å². The summed E-state index contributed by atoms with van der Waals surface area (Å²) in [6.07, 6.45) is 3.29. The minimum atomic E-state index is -0.876. The van der Waals surface area contributed by atoms with Crippen molar-refractivity contribution in [2.24, 2.45) is 11.8 Å². The highest BCUT2D eigenvalue weighted by atomic mass is 17.3. The first-order valence-electron chi connectivity index (χ1n) is 6.70. The fourth-order valence-corrected chi connectivity index (χ4v) is 3.36. The van der Waals surface area contributed by atoms with Gasteiger partial charge >= 0.3 is 5.97 Å². The molecule has 102 valence electrons. The maximum absolute atomic E-state index is 11.9. The average molecular weight is 256 g/mol. The minimum Gasteiger partial charge on any atom is -0.432 e. The van der Waals surface area contributed by atoms with Gasteiger partial charge in [-0.15, -0.1) is 0 Å². The summed E-state index contributed by atoms with van der Waals surface area (Å²) in [6.45, 7) is 5.41. The van der Waals surface area contributed by atoms with Crippen molar-refractivity contribution in [3.05, 3.63) is 0 Å². The van der Waals surface area contributed by atoms with E-state index in [9.17, 15) is 4.79 Å². The fraction of sp³-hybridized carbons (Fsp3) is 0.923. The molecule has 5 nitrogen and oxygen atoms in total. The predicted octanol–water partition coefficient (Wildman–Crippen LogP) is 2.15. The zero-order chi connectivity index (χ0) is 13.0. The molecule has 5 heteroatoms. The molecule has 0 aromatic carbocycles. The SMILES string of the molecule is C[C@H]1C(=O)OC2OC(C)(C)OO[C@@]23CCCCC13. The van der Waals surface area contributed by atoms with Crippen LogP contribution < -0.4 is 0 Å². The van der Waals surface area contributed by atoms with Crippen LogP contribution in [0.15, 0.2) is 0 Å². The molecule has 0 bridgehead atoms. The lowest BCUT2D eigenvalue weighted by Crippen LogP contribution is -2.66. The van der Waals surface area contributed by atoms with Crippen LogP contribution in [-0.4, -0.2) is 23.6 Å². The summed E-state index contributed by atoms with van der Waals surface area (Å²) in [5, 5.41) is 0. The van der Waals surface area contributed by atoms with Crippen molar-refractivity contribution in [2.75, 3.05) is 0 Å². The number of rotatable bonds is 0. The average Bonchev–Trinajstić information content (AvgIpc) is 2.32. The third-order valence-corrected chi connectivity index (χ3v) is 4.35. The van der Waals surface area contributed by atoms with Crippen molar-refractivity contribution >= 4 is 5.97 Å². The lowest BCUT2D eigenvalue weighted by atomic mass is 9.67. The van der Waals surface area contributed by atoms with E-state index in [-0.39, 0.29) is 17.8 Å². The number of carbonyl (C=O) groups excluding carboxylic acids is 1. The van der Waals surface area contributed by atoms with Crippen molar-refractivity contribution in [2.45, 2.75) is 64.1 Å². The molecule has 1 aliphatic carbocycles. The van der Waals surface area contributed by atoms with Gasteiger partial charge in [0.25, 0.3) is 0 Å². The quantitative estimate of drug-likeness (QED) is 0.491. The van der Waals surface area contributed by atoms with Crippen LogP contribution in [0.5, 0.6) is 0 Å². The molecule has 2 aliphatic heterocycles. The second-order valence-corrected chi connectivity index (χ2v) is 6.05. The van der Waals surface area contributed by atoms with Crippen LogP contribution >= 0.6 is 0 Å². The maximum Gasteiger partial charge on any atom is 0.311 e. The molecular weight excluding hydrogens is 236 g/mol. The topological polar surface area (TPSA) is 54.0 Å². The predicted molar refractivity (Wildman–Crippen MR) is 61.1 cm³/mol. The zero-order valence-electron chi connectivity index (χ0n) is 11.1. The molecule has 0 N–H and O–H groups in total. The van der Waals surface area contributed by atoms with Crippen molar-refractivity contribution in [3.8, 4) is 0 Å². The van der Waals surface area contributed by atoms with E-state index >= 15 is 0 Å². The highest BCUT2D eigenvalue weighted by molar-refractivity contribution is 5.74. The Kier molecular flexibility index (Phi) is 2.70. The summed E-state index contributed by atoms with van der Waals surface area (Å²) < 4.78 is 11.2. The lowest BCUT2D eigenvalue weighted by molar-refractivity contribution is -0.556. The standard InChI is InChI=1S/C13H20O5/c1-8-9-6-4-5-7-13(9)11(15-10(8)14)16-12(2,3)17-18-13/h8-9,11H,4-7H2,1-3H3/t8-,9?,11?,13-/m1/s1. The van der Waals surface area contributed by atoms with Crippen LogP contribution in [0.2, 0.25) is 0 Å². The lowest BCUT2D eigenvalue weighted by Gasteiger charge is -2.55. The van der Waals surface area contributed by atoms with Gasteiger partial charge in [0, 0.05) is 5.92 Å². The van der Waals surface area contributed by atoms with Crippen LogP contribution in [-0.2, 0) is 24.0 Å². The van der Waals surface area contributed by atoms with Gasteiger partial charge in [-0.3, -0.25) is 4.79 Å². The van der Waals surface area contributed by atoms with Gasteiger partial charge in [0.05, 0.1) is 5.92 Å². The number of carbonyl (C=O) groups is 1. The largest absolute Gasteiger partial charge is 0.432 e. The molecule has 3 aliphatic rings. The molecule has 0 aromatic rings. The Morgan fingerprint density at radius 2 is 2.00 bits per heavy atom. The Morgan fingerprint density at radius 3 is 2.78 bits per heavy atom. The molecule has 1 saturated carbocycles. The van der Waals surface area contributed by atoms with E-state index in [2.05, 4.69) is 0 Å². The minimum absolute atomic E-state index is 0.119. The van der Waals surface area contributed by atoms with Gasteiger partial charge in [0.2, 0.25) is 6.29 Å². The summed E-state index contributed by atoms with van der Waals surface area (Å²) in [7, 11) is 0. The summed E-state index contributed by atoms with van der Waals surface area (Å²) in [5.74, 6) is -1.11. The smallest absolute Gasteiger partial charge is 0.311 e. The molecular formula is C13H20O5. The second kappa shape index (κ2) is 3.92. The molecule has 0 aromatic heterocycles. The molecule has 2 saturated heterocycles. The zero-order valence-corrected chi connectivity index (χ0v) is 11.1. The van der Waals surface area contributed by atoms with Crippen LogP contribution in [0, 0.1) is 11.8 Å². The molecule has 18 heavy (non-hydrogen) atoms. The molecule has 2 unspecified atom stereocenters. The van der Waals surface area contributed by atoms with E-state index in [0.717, 1.165) is 25.7 Å². The molecule has 4 atom stereocenters. The number of ether oxygens (including phenoxy) is 2. The number of esters is 1. The van der Waals surface area contributed by atoms with Crippen molar-refractivity contribution < 1.29 is 24.0 Å². The second-order valence-electron chi connectivity index (χ2n) is 6.05. The summed E-state index contributed by atoms with van der Waals surface area (Å²) in [4.78, 5) is 23.0. The Hall–Kier alpha value is -0.650. The molecule has 0 radical (unpaired) electrons. The van der Waals surface area contributed by atoms with Crippen LogP contribution in [0.1, 0.15) is 46.5 Å². The van der Waals surface area contributed by atoms with E-state index in [0.29, 0.717) is 0 Å². The molecule has 2 heterocycles. The van der Waals surface area contributed by atoms with Gasteiger partial charge in [-0.05, 0) is 26.7 Å². The van der Waals surface area contributed by atoms with Crippen molar-refractivity contribution in [1.82, 2.24) is 0 Å². The number of hydrogen-bond donors (Lipinski definition) is 0. The first-order chi connectivity index (χ1) is 8.45. The monoisotopic (exact) mass is 256 g/mol. The van der Waals surface area contributed by atoms with E-state index in [1.54, 1.807) is 13.8 Å². The van der Waals surface area contributed by atoms with Crippen LogP contribution in [0.3, 0.4) is 0 Å². The van der Waals surface area contributed by atoms with Crippen molar-refractivity contribution in [1.29, 1.82) is 0 Å². The van der Waals surface area contributed by atoms with Gasteiger partial charge in [0.1, 0.15) is 0 Å². The highest BCUT2D eigenvalue weighted by Gasteiger charge is 2.62. The van der Waals surface area contributed by atoms with E-state index in [1.807, 2.05) is 6.92 Å². The van der Waals surface area contributed by atoms with Crippen molar-refractivity contribution in [3.63, 3.8) is 0 Å². The Bertz CT molecular complexity index is 366. The summed E-state index contributed by atoms with van der Waals surface area (Å²) in [5.41, 5.74) is -0.610. The fourth-order valence-electron chi connectivity index (χ4n) is 3.36. The summed E-state index contributed by atoms with van der Waals surface area (Å²) in [6, 6.07) is 0. The molecule has 3 fully saturated rings. The number of hydrogen-bond acceptors (Lipinski definition) is 5. The Morgan fingerprint density at radius 1 is 1.22 bits per heavy atom. The molecule has 1 spiro atoms. The van der Waals surface area contributed by atoms with Gasteiger partial charge in [-0.1, -0.05) is 19.8 Å². The third-order valence-electron chi connectivity index (χ3n) is 4.35. The molecule has 3 rings (SSSR count). The van der Waals surface area contributed by atoms with E-state index in [4.69, 9.17) is 19.2 Å². The van der Waals surface area contributed by atoms with Gasteiger partial charge in [0.15, 0.2) is 11.4 Å². The van der Waals surface area contributed by atoms with E-state index in [1.165, 1.54) is 0 Å². The molecule has 0 amide bonds. The first-order valence-corrected chi connectivity index (χ1v) is 6.70.